The van der Waals surface area contributed by atoms with Crippen molar-refractivity contribution in [2.75, 3.05) is 26.4 Å². The van der Waals surface area contributed by atoms with Crippen LogP contribution in [0.5, 0.6) is 0 Å². The first-order chi connectivity index (χ1) is 7.66. The highest BCUT2D eigenvalue weighted by atomic mass is 28.4. The van der Waals surface area contributed by atoms with Gasteiger partial charge in [0, 0.05) is 35.9 Å². The van der Waals surface area contributed by atoms with Crippen LogP contribution in [0.25, 0.3) is 0 Å². The van der Waals surface area contributed by atoms with E-state index in [9.17, 15) is 0 Å². The third kappa shape index (κ3) is 9.50. The first-order valence-corrected chi connectivity index (χ1v) is 10.7. The van der Waals surface area contributed by atoms with Crippen molar-refractivity contribution in [1.82, 2.24) is 0 Å². The molecule has 0 aromatic carbocycles. The van der Waals surface area contributed by atoms with E-state index < -0.39 is 9.05 Å². The van der Waals surface area contributed by atoms with Crippen molar-refractivity contribution in [3.8, 4) is 0 Å². The number of rotatable bonds is 8. The Morgan fingerprint density at radius 3 is 1.00 bits per heavy atom. The van der Waals surface area contributed by atoms with Gasteiger partial charge in [-0.25, -0.2) is 0 Å². The predicted molar refractivity (Wildman–Crippen MR) is 72.5 cm³/mol. The molecule has 0 unspecified atom stereocenters. The molecule has 0 atom stereocenters. The summed E-state index contributed by atoms with van der Waals surface area (Å²) in [5.74, 6) is 0. The van der Waals surface area contributed by atoms with Gasteiger partial charge in [0.1, 0.15) is 0 Å². The van der Waals surface area contributed by atoms with E-state index in [0.29, 0.717) is 35.9 Å². The van der Waals surface area contributed by atoms with Crippen molar-refractivity contribution in [2.24, 2.45) is 0 Å². The van der Waals surface area contributed by atoms with Gasteiger partial charge in [-0.15, -0.1) is 0 Å². The fourth-order valence-corrected chi connectivity index (χ4v) is 2.87. The Kier molecular flexibility index (Phi) is 15.5. The van der Waals surface area contributed by atoms with Gasteiger partial charge in [-0.3, -0.25) is 0 Å². The van der Waals surface area contributed by atoms with E-state index >= 15 is 0 Å². The molecule has 0 N–H and O–H groups in total. The van der Waals surface area contributed by atoms with Crippen LogP contribution >= 0.6 is 0 Å². The Labute approximate surface area is 104 Å². The second-order valence-electron chi connectivity index (χ2n) is 2.94. The van der Waals surface area contributed by atoms with Crippen LogP contribution in [0.2, 0.25) is 13.1 Å². The van der Waals surface area contributed by atoms with E-state index in [0.717, 1.165) is 0 Å². The minimum Gasteiger partial charge on any atom is -0.351 e. The van der Waals surface area contributed by atoms with Gasteiger partial charge in [-0.1, -0.05) is 13.1 Å². The summed E-state index contributed by atoms with van der Waals surface area (Å²) in [6.45, 7) is 14.3. The summed E-state index contributed by atoms with van der Waals surface area (Å²) >= 11 is 0. The minimum absolute atomic E-state index is 0.417. The SMILES string of the molecule is CCO[Si](OCC)(OCC)OCC.C[SiH2]C. The molecule has 0 bridgehead atoms. The maximum atomic E-state index is 5.42. The van der Waals surface area contributed by atoms with Crippen LogP contribution in [0.15, 0.2) is 0 Å². The van der Waals surface area contributed by atoms with E-state index in [1.54, 1.807) is 0 Å². The predicted octanol–water partition coefficient (Wildman–Crippen LogP) is 1.82. The average molecular weight is 269 g/mol. The van der Waals surface area contributed by atoms with Crippen molar-refractivity contribution >= 4 is 18.6 Å². The summed E-state index contributed by atoms with van der Waals surface area (Å²) in [7, 11) is -2.38. The zero-order chi connectivity index (χ0) is 12.9. The smallest absolute Gasteiger partial charge is 0.351 e. The quantitative estimate of drug-likeness (QED) is 0.629. The maximum absolute atomic E-state index is 5.42. The van der Waals surface area contributed by atoms with E-state index in [1.807, 2.05) is 27.7 Å². The molecule has 0 aliphatic heterocycles. The molecule has 0 aliphatic rings. The van der Waals surface area contributed by atoms with E-state index in [2.05, 4.69) is 13.1 Å². The number of hydrogen-bond donors (Lipinski definition) is 0. The Hall–Kier alpha value is 0.274. The molecule has 0 aliphatic carbocycles. The molecular weight excluding hydrogens is 240 g/mol. The lowest BCUT2D eigenvalue weighted by molar-refractivity contribution is -0.0247. The molecule has 0 radical (unpaired) electrons. The van der Waals surface area contributed by atoms with Gasteiger partial charge in [0.2, 0.25) is 0 Å². The van der Waals surface area contributed by atoms with Crippen LogP contribution in [0.3, 0.4) is 0 Å². The highest BCUT2D eigenvalue weighted by molar-refractivity contribution is 6.53. The molecule has 0 rings (SSSR count). The first-order valence-electron chi connectivity index (χ1n) is 6.21. The molecule has 0 amide bonds. The van der Waals surface area contributed by atoms with Gasteiger partial charge in [-0.2, -0.15) is 0 Å². The zero-order valence-electron chi connectivity index (χ0n) is 11.7. The van der Waals surface area contributed by atoms with E-state index in [-0.39, 0.29) is 0 Å². The Morgan fingerprint density at radius 2 is 0.875 bits per heavy atom. The lowest BCUT2D eigenvalue weighted by Gasteiger charge is -2.26. The number of hydrogen-bond acceptors (Lipinski definition) is 4. The summed E-state index contributed by atoms with van der Waals surface area (Å²) in [4.78, 5) is 0. The van der Waals surface area contributed by atoms with Crippen molar-refractivity contribution in [3.63, 3.8) is 0 Å². The molecule has 0 saturated carbocycles. The van der Waals surface area contributed by atoms with Crippen LogP contribution in [0, 0.1) is 0 Å². The van der Waals surface area contributed by atoms with Crippen LogP contribution in [-0.2, 0) is 17.7 Å². The topological polar surface area (TPSA) is 36.9 Å². The molecule has 0 heterocycles. The van der Waals surface area contributed by atoms with Gasteiger partial charge >= 0.3 is 9.05 Å². The summed E-state index contributed by atoms with van der Waals surface area (Å²) in [6, 6.07) is 0. The highest BCUT2D eigenvalue weighted by Crippen LogP contribution is 2.11. The monoisotopic (exact) mass is 268 g/mol. The fourth-order valence-electron chi connectivity index (χ4n) is 0.957. The Balaban J connectivity index is 0. The van der Waals surface area contributed by atoms with Gasteiger partial charge in [0.05, 0.1) is 0 Å². The summed E-state index contributed by atoms with van der Waals surface area (Å²) in [6.07, 6.45) is 0. The Morgan fingerprint density at radius 1 is 0.688 bits per heavy atom. The van der Waals surface area contributed by atoms with Gasteiger partial charge in [0.15, 0.2) is 0 Å². The first kappa shape index (κ1) is 18.6. The van der Waals surface area contributed by atoms with Crippen molar-refractivity contribution in [1.29, 1.82) is 0 Å². The summed E-state index contributed by atoms with van der Waals surface area (Å²) < 4.78 is 21.7. The van der Waals surface area contributed by atoms with Crippen LogP contribution < -0.4 is 0 Å². The molecule has 16 heavy (non-hydrogen) atoms. The molecule has 0 aromatic heterocycles. The minimum atomic E-state index is -2.80. The molecule has 6 heteroatoms. The lowest BCUT2D eigenvalue weighted by atomic mass is 10.9. The summed E-state index contributed by atoms with van der Waals surface area (Å²) in [5.41, 5.74) is 0. The van der Waals surface area contributed by atoms with Crippen LogP contribution in [-0.4, -0.2) is 45.0 Å². The second kappa shape index (κ2) is 13.3. The second-order valence-corrected chi connectivity index (χ2v) is 6.51. The van der Waals surface area contributed by atoms with Crippen molar-refractivity contribution in [2.45, 2.75) is 40.8 Å². The van der Waals surface area contributed by atoms with Crippen molar-refractivity contribution in [3.05, 3.63) is 0 Å². The third-order valence-electron chi connectivity index (χ3n) is 1.28. The van der Waals surface area contributed by atoms with Gasteiger partial charge in [0.25, 0.3) is 0 Å². The maximum Gasteiger partial charge on any atom is 0.679 e. The van der Waals surface area contributed by atoms with Crippen molar-refractivity contribution < 1.29 is 17.7 Å². The lowest BCUT2D eigenvalue weighted by Crippen LogP contribution is -2.49. The molecule has 0 saturated heterocycles. The van der Waals surface area contributed by atoms with E-state index in [4.69, 9.17) is 17.7 Å². The highest BCUT2D eigenvalue weighted by Gasteiger charge is 2.44. The van der Waals surface area contributed by atoms with Gasteiger partial charge < -0.3 is 17.7 Å². The third-order valence-corrected chi connectivity index (χ3v) is 3.85. The summed E-state index contributed by atoms with van der Waals surface area (Å²) in [5, 5.41) is 0. The largest absolute Gasteiger partial charge is 0.679 e. The van der Waals surface area contributed by atoms with Gasteiger partial charge in [-0.05, 0) is 27.7 Å². The molecule has 4 nitrogen and oxygen atoms in total. The standard InChI is InChI=1S/C8H20O4Si.C2H8Si/c1-5-9-13(10-6-2,11-7-3)12-8-4;1-3-2/h5-8H2,1-4H3;3H2,1-2H3. The average Bonchev–Trinajstić information content (AvgIpc) is 2.20. The normalized spacial score (nSPS) is 10.9. The molecule has 0 fully saturated rings. The van der Waals surface area contributed by atoms with Crippen LogP contribution in [0.4, 0.5) is 0 Å². The van der Waals surface area contributed by atoms with Crippen LogP contribution in [0.1, 0.15) is 27.7 Å². The molecule has 100 valence electrons. The van der Waals surface area contributed by atoms with E-state index in [1.165, 1.54) is 0 Å². The molecular formula is C10H28O4Si2. The Bertz CT molecular complexity index is 106. The fraction of sp³-hybridized carbons (Fsp3) is 1.00. The molecule has 0 aromatic rings. The molecule has 0 spiro atoms. The zero-order valence-corrected chi connectivity index (χ0v) is 14.1.